The van der Waals surface area contributed by atoms with Crippen molar-refractivity contribution >= 4 is 34.2 Å². The molecule has 1 nitrogen and oxygen atoms in total. The van der Waals surface area contributed by atoms with E-state index >= 15 is 0 Å². The van der Waals surface area contributed by atoms with Crippen LogP contribution in [0.4, 0.5) is 0 Å². The van der Waals surface area contributed by atoms with E-state index < -0.39 is 6.10 Å². The SMILES string of the molecule is CC(=S)C(O)C(C)=S. The monoisotopic (exact) mass is 148 g/mol. The lowest BCUT2D eigenvalue weighted by Gasteiger charge is -2.03. The summed E-state index contributed by atoms with van der Waals surface area (Å²) in [7, 11) is 0. The van der Waals surface area contributed by atoms with Gasteiger partial charge in [0.05, 0.1) is 0 Å². The molecule has 8 heavy (non-hydrogen) atoms. The van der Waals surface area contributed by atoms with Gasteiger partial charge in [-0.1, -0.05) is 24.4 Å². The third-order valence-electron chi connectivity index (χ3n) is 0.770. The average Bonchev–Trinajstić information content (AvgIpc) is 1.64. The lowest BCUT2D eigenvalue weighted by Crippen LogP contribution is -2.22. The molecule has 0 aliphatic rings. The van der Waals surface area contributed by atoms with E-state index in [-0.39, 0.29) is 0 Å². The number of rotatable bonds is 2. The van der Waals surface area contributed by atoms with Gasteiger partial charge in [0.25, 0.3) is 0 Å². The molecule has 0 spiro atoms. The molecule has 0 rings (SSSR count). The fraction of sp³-hybridized carbons (Fsp3) is 0.600. The topological polar surface area (TPSA) is 20.2 Å². The van der Waals surface area contributed by atoms with Crippen molar-refractivity contribution in [2.45, 2.75) is 20.0 Å². The van der Waals surface area contributed by atoms with Crippen molar-refractivity contribution in [1.29, 1.82) is 0 Å². The number of aliphatic hydroxyl groups is 1. The summed E-state index contributed by atoms with van der Waals surface area (Å²) in [5.41, 5.74) is 0. The van der Waals surface area contributed by atoms with Gasteiger partial charge in [-0.25, -0.2) is 0 Å². The predicted molar refractivity (Wildman–Crippen MR) is 42.6 cm³/mol. The molecule has 0 aromatic carbocycles. The van der Waals surface area contributed by atoms with Gasteiger partial charge in [0.2, 0.25) is 0 Å². The highest BCUT2D eigenvalue weighted by Crippen LogP contribution is 1.91. The molecule has 0 aromatic rings. The van der Waals surface area contributed by atoms with Gasteiger partial charge in [-0.3, -0.25) is 0 Å². The minimum absolute atomic E-state index is 0.539. The van der Waals surface area contributed by atoms with E-state index in [2.05, 4.69) is 24.4 Å². The van der Waals surface area contributed by atoms with Crippen LogP contribution in [0.2, 0.25) is 0 Å². The zero-order chi connectivity index (χ0) is 6.73. The van der Waals surface area contributed by atoms with Crippen molar-refractivity contribution in [3.8, 4) is 0 Å². The number of hydrogen-bond donors (Lipinski definition) is 1. The molecule has 0 saturated heterocycles. The maximum atomic E-state index is 8.92. The first kappa shape index (κ1) is 8.14. The van der Waals surface area contributed by atoms with E-state index in [9.17, 15) is 0 Å². The first-order valence-corrected chi connectivity index (χ1v) is 3.06. The first-order chi connectivity index (χ1) is 3.55. The molecule has 0 aliphatic carbocycles. The van der Waals surface area contributed by atoms with Gasteiger partial charge in [0.1, 0.15) is 6.10 Å². The molecular formula is C5H8OS2. The van der Waals surface area contributed by atoms with Crippen LogP contribution in [0.1, 0.15) is 13.8 Å². The summed E-state index contributed by atoms with van der Waals surface area (Å²) in [5.74, 6) is 0. The van der Waals surface area contributed by atoms with E-state index in [1.807, 2.05) is 0 Å². The average molecular weight is 148 g/mol. The zero-order valence-corrected chi connectivity index (χ0v) is 6.47. The molecule has 0 fully saturated rings. The van der Waals surface area contributed by atoms with Crippen LogP contribution in [0.3, 0.4) is 0 Å². The Balaban J connectivity index is 3.83. The Hall–Kier alpha value is 0.140. The smallest absolute Gasteiger partial charge is 0.116 e. The van der Waals surface area contributed by atoms with Crippen LogP contribution in [0.15, 0.2) is 0 Å². The van der Waals surface area contributed by atoms with Crippen LogP contribution in [0.5, 0.6) is 0 Å². The van der Waals surface area contributed by atoms with Gasteiger partial charge in [-0.15, -0.1) is 0 Å². The Morgan fingerprint density at radius 2 is 1.50 bits per heavy atom. The number of aliphatic hydroxyl groups excluding tert-OH is 1. The fourth-order valence-corrected chi connectivity index (χ4v) is 0.714. The van der Waals surface area contributed by atoms with Gasteiger partial charge in [-0.2, -0.15) is 0 Å². The minimum atomic E-state index is -0.667. The molecule has 46 valence electrons. The van der Waals surface area contributed by atoms with Crippen LogP contribution >= 0.6 is 24.4 Å². The van der Waals surface area contributed by atoms with Crippen molar-refractivity contribution in [1.82, 2.24) is 0 Å². The fourth-order valence-electron chi connectivity index (χ4n) is 0.286. The zero-order valence-electron chi connectivity index (χ0n) is 4.84. The third kappa shape index (κ3) is 2.45. The molecule has 0 radical (unpaired) electrons. The Labute approximate surface area is 59.7 Å². The van der Waals surface area contributed by atoms with Crippen LogP contribution < -0.4 is 0 Å². The summed E-state index contributed by atoms with van der Waals surface area (Å²) in [5, 5.41) is 8.92. The highest BCUT2D eigenvalue weighted by Gasteiger charge is 2.05. The molecule has 1 N–H and O–H groups in total. The molecule has 3 heteroatoms. The minimum Gasteiger partial charge on any atom is -0.383 e. The summed E-state index contributed by atoms with van der Waals surface area (Å²) >= 11 is 9.31. The van der Waals surface area contributed by atoms with Crippen LogP contribution in [0.25, 0.3) is 0 Å². The van der Waals surface area contributed by atoms with E-state index in [0.717, 1.165) is 0 Å². The predicted octanol–water partition coefficient (Wildman–Crippen LogP) is 1.13. The van der Waals surface area contributed by atoms with Gasteiger partial charge in [-0.05, 0) is 13.8 Å². The Kier molecular flexibility index (Phi) is 3.28. The van der Waals surface area contributed by atoms with Gasteiger partial charge < -0.3 is 5.11 Å². The van der Waals surface area contributed by atoms with Crippen LogP contribution in [0, 0.1) is 0 Å². The van der Waals surface area contributed by atoms with Crippen molar-refractivity contribution in [3.63, 3.8) is 0 Å². The van der Waals surface area contributed by atoms with E-state index in [4.69, 9.17) is 5.11 Å². The second kappa shape index (κ2) is 3.22. The van der Waals surface area contributed by atoms with E-state index in [1.54, 1.807) is 13.8 Å². The van der Waals surface area contributed by atoms with Crippen molar-refractivity contribution in [2.24, 2.45) is 0 Å². The van der Waals surface area contributed by atoms with E-state index in [0.29, 0.717) is 9.73 Å². The standard InChI is InChI=1S/C5H8OS2/c1-3(7)5(6)4(2)8/h5-6H,1-2H3. The summed E-state index contributed by atoms with van der Waals surface area (Å²) < 4.78 is 0. The van der Waals surface area contributed by atoms with E-state index in [1.165, 1.54) is 0 Å². The van der Waals surface area contributed by atoms with Crippen molar-refractivity contribution in [3.05, 3.63) is 0 Å². The maximum Gasteiger partial charge on any atom is 0.116 e. The summed E-state index contributed by atoms with van der Waals surface area (Å²) in [6, 6.07) is 0. The molecule has 0 atom stereocenters. The largest absolute Gasteiger partial charge is 0.383 e. The number of hydrogen-bond acceptors (Lipinski definition) is 3. The highest BCUT2D eigenvalue weighted by molar-refractivity contribution is 7.82. The van der Waals surface area contributed by atoms with Crippen LogP contribution in [-0.4, -0.2) is 20.9 Å². The quantitative estimate of drug-likeness (QED) is 0.593. The molecule has 0 unspecified atom stereocenters. The van der Waals surface area contributed by atoms with Gasteiger partial charge in [0, 0.05) is 9.73 Å². The lowest BCUT2D eigenvalue weighted by molar-refractivity contribution is 0.309. The molecule has 0 bridgehead atoms. The summed E-state index contributed by atoms with van der Waals surface area (Å²) in [6.45, 7) is 3.35. The second-order valence-electron chi connectivity index (χ2n) is 1.62. The third-order valence-corrected chi connectivity index (χ3v) is 1.22. The molecule has 0 aliphatic heterocycles. The normalized spacial score (nSPS) is 9.50. The molecule has 0 heterocycles. The Morgan fingerprint density at radius 3 is 1.50 bits per heavy atom. The van der Waals surface area contributed by atoms with Crippen LogP contribution in [-0.2, 0) is 0 Å². The summed E-state index contributed by atoms with van der Waals surface area (Å²) in [4.78, 5) is 1.08. The molecule has 0 saturated carbocycles. The lowest BCUT2D eigenvalue weighted by atomic mass is 10.2. The number of thiocarbonyl (C=S) groups is 2. The second-order valence-corrected chi connectivity index (χ2v) is 2.91. The summed E-state index contributed by atoms with van der Waals surface area (Å²) in [6.07, 6.45) is -0.667. The maximum absolute atomic E-state index is 8.92. The van der Waals surface area contributed by atoms with Crippen molar-refractivity contribution in [2.75, 3.05) is 0 Å². The molecule has 0 aromatic heterocycles. The van der Waals surface area contributed by atoms with Gasteiger partial charge >= 0.3 is 0 Å². The molecule has 0 amide bonds. The Bertz CT molecular complexity index is 106. The van der Waals surface area contributed by atoms with Crippen molar-refractivity contribution < 1.29 is 5.11 Å². The van der Waals surface area contributed by atoms with Gasteiger partial charge in [0.15, 0.2) is 0 Å². The molecular weight excluding hydrogens is 140 g/mol. The first-order valence-electron chi connectivity index (χ1n) is 2.24. The highest BCUT2D eigenvalue weighted by atomic mass is 32.1. The Morgan fingerprint density at radius 1 is 1.25 bits per heavy atom.